The van der Waals surface area contributed by atoms with E-state index in [1.807, 2.05) is 50.4 Å². The number of rotatable bonds is 4. The highest BCUT2D eigenvalue weighted by atomic mass is 16.3. The molecule has 21 heavy (non-hydrogen) atoms. The van der Waals surface area contributed by atoms with E-state index in [9.17, 15) is 5.11 Å². The third-order valence-corrected chi connectivity index (χ3v) is 4.07. The molecular formula is C16H22N4O. The summed E-state index contributed by atoms with van der Waals surface area (Å²) >= 11 is 0. The molecular weight excluding hydrogens is 264 g/mol. The maximum atomic E-state index is 10.3. The summed E-state index contributed by atoms with van der Waals surface area (Å²) in [5.74, 6) is 0. The first-order chi connectivity index (χ1) is 10.0. The van der Waals surface area contributed by atoms with Crippen LogP contribution >= 0.6 is 0 Å². The van der Waals surface area contributed by atoms with Gasteiger partial charge in [-0.25, -0.2) is 0 Å². The van der Waals surface area contributed by atoms with E-state index in [-0.39, 0.29) is 6.04 Å². The van der Waals surface area contributed by atoms with Crippen LogP contribution in [0.4, 0.5) is 0 Å². The molecule has 5 nitrogen and oxygen atoms in total. The first-order valence-electron chi connectivity index (χ1n) is 7.47. The SMILES string of the molecule is CC(C)(O)[C@H]1CCCN1Cc1cnn(-c2ccccc2)n1. The van der Waals surface area contributed by atoms with Crippen LogP contribution in [-0.2, 0) is 6.54 Å². The molecule has 2 heterocycles. The molecule has 3 rings (SSSR count). The molecule has 0 amide bonds. The fourth-order valence-electron chi connectivity index (χ4n) is 3.08. The minimum absolute atomic E-state index is 0.194. The van der Waals surface area contributed by atoms with Crippen LogP contribution in [0.2, 0.25) is 0 Å². The van der Waals surface area contributed by atoms with Gasteiger partial charge in [-0.15, -0.1) is 0 Å². The second kappa shape index (κ2) is 5.58. The molecule has 1 fully saturated rings. The van der Waals surface area contributed by atoms with Crippen molar-refractivity contribution in [3.63, 3.8) is 0 Å². The Labute approximate surface area is 125 Å². The number of aromatic nitrogens is 3. The highest BCUT2D eigenvalue weighted by Crippen LogP contribution is 2.27. The van der Waals surface area contributed by atoms with Gasteiger partial charge in [-0.3, -0.25) is 4.90 Å². The van der Waals surface area contributed by atoms with Gasteiger partial charge in [-0.05, 0) is 45.4 Å². The van der Waals surface area contributed by atoms with Crippen molar-refractivity contribution in [2.75, 3.05) is 6.54 Å². The topological polar surface area (TPSA) is 54.2 Å². The number of likely N-dealkylation sites (tertiary alicyclic amines) is 1. The van der Waals surface area contributed by atoms with Crippen molar-refractivity contribution in [2.45, 2.75) is 44.9 Å². The molecule has 0 aliphatic carbocycles. The molecule has 1 atom stereocenters. The van der Waals surface area contributed by atoms with Gasteiger partial charge in [-0.2, -0.15) is 15.0 Å². The van der Waals surface area contributed by atoms with Crippen LogP contribution < -0.4 is 0 Å². The van der Waals surface area contributed by atoms with Gasteiger partial charge < -0.3 is 5.11 Å². The van der Waals surface area contributed by atoms with Gasteiger partial charge >= 0.3 is 0 Å². The van der Waals surface area contributed by atoms with E-state index in [1.165, 1.54) is 0 Å². The highest BCUT2D eigenvalue weighted by molar-refractivity contribution is 5.28. The van der Waals surface area contributed by atoms with E-state index < -0.39 is 5.60 Å². The predicted molar refractivity (Wildman–Crippen MR) is 81.1 cm³/mol. The van der Waals surface area contributed by atoms with Gasteiger partial charge in [-0.1, -0.05) is 18.2 Å². The summed E-state index contributed by atoms with van der Waals surface area (Å²) < 4.78 is 0. The lowest BCUT2D eigenvalue weighted by molar-refractivity contribution is -0.00539. The highest BCUT2D eigenvalue weighted by Gasteiger charge is 2.35. The number of para-hydroxylation sites is 1. The van der Waals surface area contributed by atoms with Crippen molar-refractivity contribution in [1.29, 1.82) is 0 Å². The van der Waals surface area contributed by atoms with Crippen LogP contribution in [0.15, 0.2) is 36.5 Å². The van der Waals surface area contributed by atoms with Crippen molar-refractivity contribution >= 4 is 0 Å². The van der Waals surface area contributed by atoms with Gasteiger partial charge in [0.25, 0.3) is 0 Å². The number of hydrogen-bond acceptors (Lipinski definition) is 4. The first kappa shape index (κ1) is 14.2. The number of aliphatic hydroxyl groups is 1. The van der Waals surface area contributed by atoms with E-state index in [0.29, 0.717) is 0 Å². The smallest absolute Gasteiger partial charge is 0.0971 e. The number of benzene rings is 1. The van der Waals surface area contributed by atoms with Gasteiger partial charge in [0.05, 0.1) is 23.2 Å². The Morgan fingerprint density at radius 2 is 2.05 bits per heavy atom. The molecule has 2 aromatic rings. The van der Waals surface area contributed by atoms with Crippen LogP contribution in [0.25, 0.3) is 5.69 Å². The summed E-state index contributed by atoms with van der Waals surface area (Å²) in [5, 5.41) is 19.1. The van der Waals surface area contributed by atoms with Crippen LogP contribution in [0.1, 0.15) is 32.4 Å². The Bertz CT molecular complexity index is 588. The second-order valence-corrected chi connectivity index (χ2v) is 6.24. The molecule has 1 aromatic carbocycles. The standard InChI is InChI=1S/C16H22N4O/c1-16(2,21)15-9-6-10-19(15)12-13-11-17-20(18-13)14-7-4-3-5-8-14/h3-5,7-8,11,15,21H,6,9-10,12H2,1-2H3/t15-/m1/s1. The average molecular weight is 286 g/mol. The minimum atomic E-state index is -0.675. The summed E-state index contributed by atoms with van der Waals surface area (Å²) in [4.78, 5) is 3.96. The maximum Gasteiger partial charge on any atom is 0.0971 e. The van der Waals surface area contributed by atoms with Gasteiger partial charge in [0, 0.05) is 12.6 Å². The van der Waals surface area contributed by atoms with Gasteiger partial charge in [0.1, 0.15) is 0 Å². The van der Waals surface area contributed by atoms with Crippen LogP contribution in [0, 0.1) is 0 Å². The third-order valence-electron chi connectivity index (χ3n) is 4.07. The van der Waals surface area contributed by atoms with Crippen LogP contribution in [0.3, 0.4) is 0 Å². The van der Waals surface area contributed by atoms with Crippen molar-refractivity contribution in [2.24, 2.45) is 0 Å². The van der Waals surface area contributed by atoms with Crippen molar-refractivity contribution in [3.8, 4) is 5.69 Å². The van der Waals surface area contributed by atoms with Gasteiger partial charge in [0.15, 0.2) is 0 Å². The summed E-state index contributed by atoms with van der Waals surface area (Å²) in [6.45, 7) is 5.52. The van der Waals surface area contributed by atoms with Gasteiger partial charge in [0.2, 0.25) is 0 Å². The monoisotopic (exact) mass is 286 g/mol. The Kier molecular flexibility index (Phi) is 3.78. The van der Waals surface area contributed by atoms with E-state index >= 15 is 0 Å². The maximum absolute atomic E-state index is 10.3. The Morgan fingerprint density at radius 3 is 2.76 bits per heavy atom. The lowest BCUT2D eigenvalue weighted by Crippen LogP contribution is -2.45. The van der Waals surface area contributed by atoms with Crippen molar-refractivity contribution in [1.82, 2.24) is 19.9 Å². The lowest BCUT2D eigenvalue weighted by atomic mass is 9.96. The normalized spacial score (nSPS) is 20.0. The molecule has 112 valence electrons. The Balaban J connectivity index is 1.73. The fourth-order valence-corrected chi connectivity index (χ4v) is 3.08. The Morgan fingerprint density at radius 1 is 1.29 bits per heavy atom. The molecule has 1 aliphatic heterocycles. The third kappa shape index (κ3) is 3.14. The summed E-state index contributed by atoms with van der Waals surface area (Å²) in [6, 6.07) is 10.1. The zero-order chi connectivity index (χ0) is 14.9. The molecule has 0 bridgehead atoms. The summed E-state index contributed by atoms with van der Waals surface area (Å²) in [6.07, 6.45) is 3.98. The van der Waals surface area contributed by atoms with E-state index in [4.69, 9.17) is 0 Å². The molecule has 1 N–H and O–H groups in total. The Hall–Kier alpha value is -1.72. The fraction of sp³-hybridized carbons (Fsp3) is 0.500. The minimum Gasteiger partial charge on any atom is -0.389 e. The molecule has 0 spiro atoms. The van der Waals surface area contributed by atoms with Crippen molar-refractivity contribution < 1.29 is 5.11 Å². The molecule has 1 aromatic heterocycles. The zero-order valence-corrected chi connectivity index (χ0v) is 12.6. The molecule has 5 heteroatoms. The largest absolute Gasteiger partial charge is 0.389 e. The molecule has 1 saturated heterocycles. The predicted octanol–water partition coefficient (Wildman–Crippen LogP) is 2.00. The quantitative estimate of drug-likeness (QED) is 0.934. The van der Waals surface area contributed by atoms with Crippen LogP contribution in [-0.4, -0.2) is 43.2 Å². The van der Waals surface area contributed by atoms with E-state index in [0.717, 1.165) is 37.3 Å². The number of nitrogens with zero attached hydrogens (tertiary/aromatic N) is 4. The summed E-state index contributed by atoms with van der Waals surface area (Å²) in [5.41, 5.74) is 1.23. The molecule has 0 radical (unpaired) electrons. The van der Waals surface area contributed by atoms with Crippen LogP contribution in [0.5, 0.6) is 0 Å². The second-order valence-electron chi connectivity index (χ2n) is 6.24. The molecule has 0 unspecified atom stereocenters. The average Bonchev–Trinajstić information content (AvgIpc) is 3.09. The van der Waals surface area contributed by atoms with E-state index in [1.54, 1.807) is 4.80 Å². The van der Waals surface area contributed by atoms with Crippen molar-refractivity contribution in [3.05, 3.63) is 42.2 Å². The lowest BCUT2D eigenvalue weighted by Gasteiger charge is -2.33. The molecule has 1 aliphatic rings. The zero-order valence-electron chi connectivity index (χ0n) is 12.6. The number of hydrogen-bond donors (Lipinski definition) is 1. The molecule has 0 saturated carbocycles. The van der Waals surface area contributed by atoms with E-state index in [2.05, 4.69) is 15.1 Å². The first-order valence-corrected chi connectivity index (χ1v) is 7.47. The summed E-state index contributed by atoms with van der Waals surface area (Å²) in [7, 11) is 0.